The number of hydrogen-bond acceptors (Lipinski definition) is 1. The topological polar surface area (TPSA) is 9.23 Å². The highest BCUT2D eigenvalue weighted by molar-refractivity contribution is 5.45. The molecule has 0 bridgehead atoms. The molecule has 0 aliphatic heterocycles. The highest BCUT2D eigenvalue weighted by Crippen LogP contribution is 2.29. The van der Waals surface area contributed by atoms with Crippen molar-refractivity contribution >= 4 is 0 Å². The van der Waals surface area contributed by atoms with Crippen molar-refractivity contribution in [2.24, 2.45) is 5.92 Å². The van der Waals surface area contributed by atoms with Gasteiger partial charge in [0.1, 0.15) is 5.75 Å². The third kappa shape index (κ3) is 14.9. The standard InChI is InChI=1S/C35H60O/c1-8-10-12-13-14-16-28-36-35-33(7)32(6)25-27-34(35)26-24-31(5)23-18-22-30(4)21-17-20-29(3)19-15-11-9-2/h19,21,25,27,31H,8-18,20,22-24,26,28H2,1-7H3. The molecule has 0 aromatic heterocycles. The summed E-state index contributed by atoms with van der Waals surface area (Å²) in [7, 11) is 0. The predicted octanol–water partition coefficient (Wildman–Crippen LogP) is 11.6. The smallest absolute Gasteiger partial charge is 0.125 e. The van der Waals surface area contributed by atoms with E-state index < -0.39 is 0 Å². The third-order valence-electron chi connectivity index (χ3n) is 7.76. The molecule has 0 fully saturated rings. The Morgan fingerprint density at radius 1 is 0.778 bits per heavy atom. The van der Waals surface area contributed by atoms with Gasteiger partial charge >= 0.3 is 0 Å². The highest BCUT2D eigenvalue weighted by Gasteiger charge is 2.12. The Labute approximate surface area is 226 Å². The number of unbranched alkanes of at least 4 members (excludes halogenated alkanes) is 7. The maximum atomic E-state index is 6.37. The van der Waals surface area contributed by atoms with Crippen LogP contribution in [0.15, 0.2) is 35.4 Å². The fraction of sp³-hybridized carbons (Fsp3) is 0.714. The van der Waals surface area contributed by atoms with Crippen molar-refractivity contribution in [1.29, 1.82) is 0 Å². The Bertz CT molecular complexity index is 754. The van der Waals surface area contributed by atoms with Crippen molar-refractivity contribution in [1.82, 2.24) is 0 Å². The van der Waals surface area contributed by atoms with E-state index in [4.69, 9.17) is 4.74 Å². The van der Waals surface area contributed by atoms with E-state index in [-0.39, 0.29) is 0 Å². The van der Waals surface area contributed by atoms with Crippen LogP contribution in [0.1, 0.15) is 148 Å². The summed E-state index contributed by atoms with van der Waals surface area (Å²) in [6, 6.07) is 4.60. The predicted molar refractivity (Wildman–Crippen MR) is 162 cm³/mol. The summed E-state index contributed by atoms with van der Waals surface area (Å²) in [5, 5.41) is 0. The van der Waals surface area contributed by atoms with E-state index in [1.165, 1.54) is 119 Å². The molecule has 36 heavy (non-hydrogen) atoms. The number of aryl methyl sites for hydroxylation is 2. The quantitative estimate of drug-likeness (QED) is 0.121. The molecule has 1 nitrogen and oxygen atoms in total. The lowest BCUT2D eigenvalue weighted by Gasteiger charge is -2.18. The molecule has 1 unspecified atom stereocenters. The molecule has 1 atom stereocenters. The zero-order chi connectivity index (χ0) is 26.6. The average Bonchev–Trinajstić information content (AvgIpc) is 2.85. The van der Waals surface area contributed by atoms with Gasteiger partial charge < -0.3 is 4.74 Å². The monoisotopic (exact) mass is 496 g/mol. The van der Waals surface area contributed by atoms with E-state index in [1.807, 2.05) is 0 Å². The van der Waals surface area contributed by atoms with Crippen molar-refractivity contribution in [2.45, 2.75) is 151 Å². The van der Waals surface area contributed by atoms with Gasteiger partial charge in [0.25, 0.3) is 0 Å². The molecular weight excluding hydrogens is 436 g/mol. The lowest BCUT2D eigenvalue weighted by Crippen LogP contribution is -2.05. The van der Waals surface area contributed by atoms with Gasteiger partial charge in [-0.2, -0.15) is 0 Å². The van der Waals surface area contributed by atoms with Crippen molar-refractivity contribution in [3.8, 4) is 5.75 Å². The lowest BCUT2D eigenvalue weighted by atomic mass is 9.93. The molecule has 0 aliphatic rings. The first-order chi connectivity index (χ1) is 17.4. The summed E-state index contributed by atoms with van der Waals surface area (Å²) < 4.78 is 6.37. The SMILES string of the molecule is CCCCC=C(C)CCC=C(C)CCCC(C)CCc1ccc(C)c(C)c1OCCCCCCCC. The van der Waals surface area contributed by atoms with Crippen LogP contribution in [0.5, 0.6) is 5.75 Å². The van der Waals surface area contributed by atoms with Crippen LogP contribution in [0.25, 0.3) is 0 Å². The van der Waals surface area contributed by atoms with Gasteiger partial charge in [0, 0.05) is 0 Å². The second-order valence-electron chi connectivity index (χ2n) is 11.4. The molecule has 0 saturated carbocycles. The Kier molecular flexibility index (Phi) is 18.6. The van der Waals surface area contributed by atoms with E-state index in [0.717, 1.165) is 18.9 Å². The van der Waals surface area contributed by atoms with Crippen LogP contribution in [-0.4, -0.2) is 6.61 Å². The van der Waals surface area contributed by atoms with Crippen molar-refractivity contribution < 1.29 is 4.74 Å². The summed E-state index contributed by atoms with van der Waals surface area (Å²) in [5.41, 5.74) is 7.22. The van der Waals surface area contributed by atoms with E-state index in [9.17, 15) is 0 Å². The maximum absolute atomic E-state index is 6.37. The van der Waals surface area contributed by atoms with Gasteiger partial charge in [-0.05, 0) is 102 Å². The summed E-state index contributed by atoms with van der Waals surface area (Å²) in [5.74, 6) is 1.93. The zero-order valence-corrected chi connectivity index (χ0v) is 25.3. The van der Waals surface area contributed by atoms with Crippen molar-refractivity contribution in [2.75, 3.05) is 6.61 Å². The fourth-order valence-corrected chi connectivity index (χ4v) is 4.88. The fourth-order valence-electron chi connectivity index (χ4n) is 4.88. The van der Waals surface area contributed by atoms with Crippen LogP contribution in [-0.2, 0) is 6.42 Å². The first-order valence-electron chi connectivity index (χ1n) is 15.4. The molecule has 1 rings (SSSR count). The molecule has 0 radical (unpaired) electrons. The first-order valence-corrected chi connectivity index (χ1v) is 15.4. The Morgan fingerprint density at radius 3 is 2.19 bits per heavy atom. The lowest BCUT2D eigenvalue weighted by molar-refractivity contribution is 0.298. The Hall–Kier alpha value is -1.50. The molecule has 0 spiro atoms. The molecule has 1 heteroatoms. The van der Waals surface area contributed by atoms with E-state index in [1.54, 1.807) is 11.1 Å². The van der Waals surface area contributed by atoms with Gasteiger partial charge in [-0.1, -0.05) is 108 Å². The molecule has 1 aromatic rings. The number of ether oxygens (including phenoxy) is 1. The van der Waals surface area contributed by atoms with E-state index in [0.29, 0.717) is 0 Å². The van der Waals surface area contributed by atoms with Crippen LogP contribution in [0.2, 0.25) is 0 Å². The van der Waals surface area contributed by atoms with Gasteiger partial charge in [-0.3, -0.25) is 0 Å². The van der Waals surface area contributed by atoms with Gasteiger partial charge in [0.15, 0.2) is 0 Å². The average molecular weight is 497 g/mol. The molecule has 0 N–H and O–H groups in total. The number of hydrogen-bond donors (Lipinski definition) is 0. The van der Waals surface area contributed by atoms with Crippen LogP contribution in [0.3, 0.4) is 0 Å². The third-order valence-corrected chi connectivity index (χ3v) is 7.76. The summed E-state index contributed by atoms with van der Waals surface area (Å²) in [4.78, 5) is 0. The largest absolute Gasteiger partial charge is 0.493 e. The number of benzene rings is 1. The number of rotatable bonds is 21. The molecule has 206 valence electrons. The van der Waals surface area contributed by atoms with E-state index in [2.05, 4.69) is 72.8 Å². The highest BCUT2D eigenvalue weighted by atomic mass is 16.5. The number of allylic oxidation sites excluding steroid dienone is 4. The van der Waals surface area contributed by atoms with Gasteiger partial charge in [0.05, 0.1) is 6.61 Å². The maximum Gasteiger partial charge on any atom is 0.125 e. The van der Waals surface area contributed by atoms with Crippen LogP contribution in [0, 0.1) is 19.8 Å². The summed E-state index contributed by atoms with van der Waals surface area (Å²) in [6.07, 6.45) is 25.3. The Balaban J connectivity index is 2.39. The van der Waals surface area contributed by atoms with Gasteiger partial charge in [-0.25, -0.2) is 0 Å². The van der Waals surface area contributed by atoms with Crippen molar-refractivity contribution in [3.05, 3.63) is 52.1 Å². The zero-order valence-electron chi connectivity index (χ0n) is 25.3. The molecule has 0 aliphatic carbocycles. The molecule has 0 amide bonds. The van der Waals surface area contributed by atoms with Crippen LogP contribution < -0.4 is 4.74 Å². The first kappa shape index (κ1) is 32.5. The van der Waals surface area contributed by atoms with E-state index >= 15 is 0 Å². The molecule has 0 saturated heterocycles. The van der Waals surface area contributed by atoms with Gasteiger partial charge in [0.2, 0.25) is 0 Å². The minimum Gasteiger partial charge on any atom is -0.493 e. The molecule has 0 heterocycles. The van der Waals surface area contributed by atoms with Crippen LogP contribution in [0.4, 0.5) is 0 Å². The van der Waals surface area contributed by atoms with Crippen molar-refractivity contribution in [3.63, 3.8) is 0 Å². The second-order valence-corrected chi connectivity index (χ2v) is 11.4. The normalized spacial score (nSPS) is 13.3. The molecule has 1 aromatic carbocycles. The second kappa shape index (κ2) is 20.5. The minimum atomic E-state index is 0.759. The van der Waals surface area contributed by atoms with Crippen LogP contribution >= 0.6 is 0 Å². The molecular formula is C35H60O. The Morgan fingerprint density at radius 2 is 1.44 bits per heavy atom. The minimum absolute atomic E-state index is 0.759. The van der Waals surface area contributed by atoms with Gasteiger partial charge in [-0.15, -0.1) is 0 Å². The summed E-state index contributed by atoms with van der Waals surface area (Å²) in [6.45, 7) is 16.9. The summed E-state index contributed by atoms with van der Waals surface area (Å²) >= 11 is 0.